The van der Waals surface area contributed by atoms with Crippen molar-refractivity contribution in [2.45, 2.75) is 45.6 Å². The van der Waals surface area contributed by atoms with E-state index in [1.807, 2.05) is 40.0 Å². The molecule has 0 unspecified atom stereocenters. The number of carbonyl (C=O) groups is 2. The van der Waals surface area contributed by atoms with Gasteiger partial charge in [-0.2, -0.15) is 0 Å². The van der Waals surface area contributed by atoms with Gasteiger partial charge < -0.3 is 9.64 Å². The number of fused-ring (bicyclic) bond motifs is 1. The zero-order valence-electron chi connectivity index (χ0n) is 16.9. The number of allylic oxidation sites excluding steroid dienone is 1. The van der Waals surface area contributed by atoms with E-state index in [9.17, 15) is 9.59 Å². The van der Waals surface area contributed by atoms with Gasteiger partial charge in [-0.3, -0.25) is 14.5 Å². The van der Waals surface area contributed by atoms with Gasteiger partial charge in [0.25, 0.3) is 0 Å². The maximum absolute atomic E-state index is 12.6. The lowest BCUT2D eigenvalue weighted by Crippen LogP contribution is -2.35. The molecular weight excluding hydrogens is 328 g/mol. The highest BCUT2D eigenvalue weighted by atomic mass is 16.6. The number of likely N-dealkylation sites (N-methyl/N-ethyl adjacent to an activating group) is 2. The van der Waals surface area contributed by atoms with Gasteiger partial charge in [-0.1, -0.05) is 32.0 Å². The normalized spacial score (nSPS) is 17.5. The molecule has 142 valence electrons. The second-order valence-corrected chi connectivity index (χ2v) is 8.46. The van der Waals surface area contributed by atoms with Crippen molar-refractivity contribution in [3.63, 3.8) is 0 Å². The Bertz CT molecular complexity index is 729. The first-order valence-corrected chi connectivity index (χ1v) is 8.90. The van der Waals surface area contributed by atoms with E-state index in [0.717, 1.165) is 11.4 Å². The summed E-state index contributed by atoms with van der Waals surface area (Å²) < 4.78 is 5.30. The summed E-state index contributed by atoms with van der Waals surface area (Å²) in [6.45, 7) is 9.99. The summed E-state index contributed by atoms with van der Waals surface area (Å²) in [4.78, 5) is 28.2. The standard InChI is InChI=1S/C21H30N2O3/c1-20(2,3)26-19(25)14-22(6)13-15(24)12-18-21(4,5)16-10-8-9-11-17(16)23(18)7/h8-12H,13-14H2,1-7H3/b18-12-. The van der Waals surface area contributed by atoms with Crippen LogP contribution in [0.5, 0.6) is 0 Å². The molecule has 0 saturated carbocycles. The van der Waals surface area contributed by atoms with Crippen molar-refractivity contribution in [1.29, 1.82) is 0 Å². The van der Waals surface area contributed by atoms with Crippen LogP contribution in [0.2, 0.25) is 0 Å². The van der Waals surface area contributed by atoms with Crippen LogP contribution in [0.25, 0.3) is 0 Å². The molecule has 5 nitrogen and oxygen atoms in total. The van der Waals surface area contributed by atoms with E-state index in [0.29, 0.717) is 0 Å². The summed E-state index contributed by atoms with van der Waals surface area (Å²) in [5, 5.41) is 0. The fourth-order valence-corrected chi connectivity index (χ4v) is 3.37. The molecule has 0 radical (unpaired) electrons. The van der Waals surface area contributed by atoms with Crippen molar-refractivity contribution < 1.29 is 14.3 Å². The fraction of sp³-hybridized carbons (Fsp3) is 0.524. The van der Waals surface area contributed by atoms with Gasteiger partial charge in [0.05, 0.1) is 13.1 Å². The SMILES string of the molecule is CN(CC(=O)/C=C1\N(C)c2ccccc2C1(C)C)CC(=O)OC(C)(C)C. The smallest absolute Gasteiger partial charge is 0.320 e. The first kappa shape index (κ1) is 20.2. The number of ether oxygens (including phenoxy) is 1. The Morgan fingerprint density at radius 3 is 2.38 bits per heavy atom. The number of carbonyl (C=O) groups excluding carboxylic acids is 2. The molecule has 0 atom stereocenters. The average Bonchev–Trinajstić information content (AvgIpc) is 2.66. The van der Waals surface area contributed by atoms with Crippen LogP contribution in [-0.2, 0) is 19.7 Å². The molecule has 0 amide bonds. The Labute approximate surface area is 156 Å². The van der Waals surface area contributed by atoms with Crippen molar-refractivity contribution in [3.8, 4) is 0 Å². The maximum atomic E-state index is 12.6. The Morgan fingerprint density at radius 2 is 1.81 bits per heavy atom. The minimum atomic E-state index is -0.522. The molecule has 0 aromatic heterocycles. The summed E-state index contributed by atoms with van der Waals surface area (Å²) in [7, 11) is 3.73. The Balaban J connectivity index is 2.06. The lowest BCUT2D eigenvalue weighted by molar-refractivity contribution is -0.155. The van der Waals surface area contributed by atoms with Gasteiger partial charge in [-0.25, -0.2) is 0 Å². The third kappa shape index (κ3) is 4.52. The molecule has 0 bridgehead atoms. The van der Waals surface area contributed by atoms with Gasteiger partial charge in [0, 0.05) is 29.9 Å². The fourth-order valence-electron chi connectivity index (χ4n) is 3.37. The van der Waals surface area contributed by atoms with Crippen molar-refractivity contribution in [3.05, 3.63) is 41.6 Å². The monoisotopic (exact) mass is 358 g/mol. The zero-order valence-corrected chi connectivity index (χ0v) is 16.9. The van der Waals surface area contributed by atoms with E-state index in [2.05, 4.69) is 30.9 Å². The Kier molecular flexibility index (Phi) is 5.61. The molecule has 0 aliphatic carbocycles. The third-order valence-electron chi connectivity index (χ3n) is 4.48. The molecule has 1 aromatic rings. The molecule has 1 aromatic carbocycles. The Morgan fingerprint density at radius 1 is 1.19 bits per heavy atom. The van der Waals surface area contributed by atoms with Crippen molar-refractivity contribution in [1.82, 2.24) is 4.90 Å². The molecule has 1 aliphatic heterocycles. The minimum Gasteiger partial charge on any atom is -0.459 e. The first-order valence-electron chi connectivity index (χ1n) is 8.90. The van der Waals surface area contributed by atoms with Crippen LogP contribution in [0.15, 0.2) is 36.0 Å². The molecule has 5 heteroatoms. The molecule has 1 aliphatic rings. The first-order chi connectivity index (χ1) is 11.9. The average molecular weight is 358 g/mol. The number of esters is 1. The quantitative estimate of drug-likeness (QED) is 0.598. The van der Waals surface area contributed by atoms with Gasteiger partial charge in [-0.15, -0.1) is 0 Å². The number of para-hydroxylation sites is 1. The molecular formula is C21H30N2O3. The molecule has 0 saturated heterocycles. The number of hydrogen-bond donors (Lipinski definition) is 0. The van der Waals surface area contributed by atoms with Gasteiger partial charge in [0.1, 0.15) is 5.60 Å². The second-order valence-electron chi connectivity index (χ2n) is 8.46. The van der Waals surface area contributed by atoms with Crippen molar-refractivity contribution in [2.75, 3.05) is 32.1 Å². The summed E-state index contributed by atoms with van der Waals surface area (Å²) in [6.07, 6.45) is 1.70. The van der Waals surface area contributed by atoms with Gasteiger partial charge in [0.2, 0.25) is 0 Å². The summed E-state index contributed by atoms with van der Waals surface area (Å²) >= 11 is 0. The van der Waals surface area contributed by atoms with Crippen molar-refractivity contribution >= 4 is 17.4 Å². The van der Waals surface area contributed by atoms with Gasteiger partial charge >= 0.3 is 5.97 Å². The lowest BCUT2D eigenvalue weighted by atomic mass is 9.83. The number of anilines is 1. The van der Waals surface area contributed by atoms with E-state index in [1.165, 1.54) is 5.56 Å². The number of hydrogen-bond acceptors (Lipinski definition) is 5. The van der Waals surface area contributed by atoms with Crippen LogP contribution in [0, 0.1) is 0 Å². The van der Waals surface area contributed by atoms with E-state index < -0.39 is 5.60 Å². The number of rotatable bonds is 5. The van der Waals surface area contributed by atoms with E-state index >= 15 is 0 Å². The van der Waals surface area contributed by atoms with E-state index in [1.54, 1.807) is 18.0 Å². The number of ketones is 1. The summed E-state index contributed by atoms with van der Waals surface area (Å²) in [5.74, 6) is -0.357. The predicted octanol–water partition coefficient (Wildman–Crippen LogP) is 3.14. The summed E-state index contributed by atoms with van der Waals surface area (Å²) in [5.41, 5.74) is 2.55. The highest BCUT2D eigenvalue weighted by Gasteiger charge is 2.38. The predicted molar refractivity (Wildman–Crippen MR) is 104 cm³/mol. The molecule has 0 fully saturated rings. The van der Waals surface area contributed by atoms with Crippen LogP contribution >= 0.6 is 0 Å². The largest absolute Gasteiger partial charge is 0.459 e. The second kappa shape index (κ2) is 7.23. The van der Waals surface area contributed by atoms with Crippen LogP contribution < -0.4 is 4.90 Å². The molecule has 0 N–H and O–H groups in total. The van der Waals surface area contributed by atoms with Crippen molar-refractivity contribution in [2.24, 2.45) is 0 Å². The molecule has 1 heterocycles. The zero-order chi connectivity index (χ0) is 19.7. The molecule has 2 rings (SSSR count). The Hall–Kier alpha value is -2.14. The third-order valence-corrected chi connectivity index (χ3v) is 4.48. The van der Waals surface area contributed by atoms with E-state index in [-0.39, 0.29) is 30.3 Å². The number of benzene rings is 1. The highest BCUT2D eigenvalue weighted by molar-refractivity contribution is 5.94. The van der Waals surface area contributed by atoms with E-state index in [4.69, 9.17) is 4.74 Å². The van der Waals surface area contributed by atoms with Crippen LogP contribution in [0.3, 0.4) is 0 Å². The minimum absolute atomic E-state index is 0.0289. The van der Waals surface area contributed by atoms with Gasteiger partial charge in [-0.05, 0) is 39.4 Å². The van der Waals surface area contributed by atoms with Crippen LogP contribution in [-0.4, -0.2) is 49.4 Å². The highest BCUT2D eigenvalue weighted by Crippen LogP contribution is 2.46. The molecule has 26 heavy (non-hydrogen) atoms. The lowest BCUT2D eigenvalue weighted by Gasteiger charge is -2.24. The van der Waals surface area contributed by atoms with Crippen LogP contribution in [0.1, 0.15) is 40.2 Å². The maximum Gasteiger partial charge on any atom is 0.320 e. The van der Waals surface area contributed by atoms with Gasteiger partial charge in [0.15, 0.2) is 5.78 Å². The topological polar surface area (TPSA) is 49.9 Å². The molecule has 0 spiro atoms. The number of nitrogens with zero attached hydrogens (tertiary/aromatic N) is 2. The van der Waals surface area contributed by atoms with Crippen LogP contribution in [0.4, 0.5) is 5.69 Å². The summed E-state index contributed by atoms with van der Waals surface area (Å²) in [6, 6.07) is 8.20.